The van der Waals surface area contributed by atoms with E-state index in [-0.39, 0.29) is 31.1 Å². The molecular weight excluding hydrogens is 422 g/mol. The number of anilines is 2. The van der Waals surface area contributed by atoms with Crippen LogP contribution < -0.4 is 15.1 Å². The SMILES string of the molecule is O=C(NC[C@H]1CN(c2cc(F)c(N3C=CS(=O)(=O)CC3)c(F)c2)C(=O)O1)C(F)F. The van der Waals surface area contributed by atoms with Crippen LogP contribution in [0.4, 0.5) is 33.7 Å². The van der Waals surface area contributed by atoms with Crippen LogP contribution in [0.2, 0.25) is 0 Å². The Morgan fingerprint density at radius 2 is 1.93 bits per heavy atom. The molecule has 8 nitrogen and oxygen atoms in total. The number of carbonyl (C=O) groups is 2. The van der Waals surface area contributed by atoms with Crippen molar-refractivity contribution in [2.24, 2.45) is 0 Å². The highest BCUT2D eigenvalue weighted by atomic mass is 32.2. The third-order valence-electron chi connectivity index (χ3n) is 4.24. The van der Waals surface area contributed by atoms with Crippen LogP contribution in [0.3, 0.4) is 0 Å². The summed E-state index contributed by atoms with van der Waals surface area (Å²) in [5, 5.41) is 2.74. The average Bonchev–Trinajstić information content (AvgIpc) is 3.01. The highest BCUT2D eigenvalue weighted by molar-refractivity contribution is 7.94. The highest BCUT2D eigenvalue weighted by Gasteiger charge is 2.34. The molecule has 1 aromatic rings. The number of alkyl halides is 2. The molecule has 29 heavy (non-hydrogen) atoms. The van der Waals surface area contributed by atoms with Gasteiger partial charge in [0.05, 0.1) is 24.5 Å². The molecule has 0 saturated carbocycles. The molecule has 1 atom stereocenters. The van der Waals surface area contributed by atoms with Gasteiger partial charge in [0, 0.05) is 30.3 Å². The summed E-state index contributed by atoms with van der Waals surface area (Å²) in [5.41, 5.74) is -0.654. The number of nitrogens with zero attached hydrogens (tertiary/aromatic N) is 2. The Kier molecular flexibility index (Phi) is 5.68. The second kappa shape index (κ2) is 7.89. The molecule has 3 rings (SSSR count). The number of rotatable bonds is 5. The molecule has 0 bridgehead atoms. The molecular formula is C16H15F4N3O5S. The molecule has 2 aliphatic rings. The maximum Gasteiger partial charge on any atom is 0.414 e. The monoisotopic (exact) mass is 437 g/mol. The smallest absolute Gasteiger partial charge is 0.414 e. The third-order valence-corrected chi connectivity index (χ3v) is 5.53. The lowest BCUT2D eigenvalue weighted by molar-refractivity contribution is -0.132. The molecule has 1 fully saturated rings. The van der Waals surface area contributed by atoms with E-state index in [9.17, 15) is 35.6 Å². The first-order valence-electron chi connectivity index (χ1n) is 8.28. The summed E-state index contributed by atoms with van der Waals surface area (Å²) < 4.78 is 81.1. The molecule has 158 valence electrons. The van der Waals surface area contributed by atoms with E-state index in [1.807, 2.05) is 5.32 Å². The van der Waals surface area contributed by atoms with E-state index in [0.717, 1.165) is 33.5 Å². The fraction of sp³-hybridized carbons (Fsp3) is 0.375. The van der Waals surface area contributed by atoms with Crippen LogP contribution in [0.1, 0.15) is 0 Å². The zero-order valence-electron chi connectivity index (χ0n) is 14.6. The van der Waals surface area contributed by atoms with Gasteiger partial charge < -0.3 is 15.0 Å². The summed E-state index contributed by atoms with van der Waals surface area (Å²) in [4.78, 5) is 24.8. The minimum atomic E-state index is -3.41. The van der Waals surface area contributed by atoms with E-state index in [1.54, 1.807) is 0 Å². The van der Waals surface area contributed by atoms with E-state index in [0.29, 0.717) is 0 Å². The van der Waals surface area contributed by atoms with Crippen LogP contribution in [0.25, 0.3) is 0 Å². The molecule has 2 heterocycles. The number of hydrogen-bond donors (Lipinski definition) is 1. The van der Waals surface area contributed by atoms with Gasteiger partial charge in [0.15, 0.2) is 21.5 Å². The molecule has 1 saturated heterocycles. The second-order valence-corrected chi connectivity index (χ2v) is 8.27. The topological polar surface area (TPSA) is 96.0 Å². The molecule has 2 aliphatic heterocycles. The third kappa shape index (κ3) is 4.60. The number of carbonyl (C=O) groups excluding carboxylic acids is 2. The fourth-order valence-corrected chi connectivity index (χ4v) is 3.75. The lowest BCUT2D eigenvalue weighted by Crippen LogP contribution is -2.37. The minimum absolute atomic E-state index is 0.149. The Balaban J connectivity index is 1.75. The van der Waals surface area contributed by atoms with Gasteiger partial charge in [-0.3, -0.25) is 9.69 Å². The van der Waals surface area contributed by atoms with Crippen molar-refractivity contribution in [2.45, 2.75) is 12.5 Å². The fourth-order valence-electron chi connectivity index (χ4n) is 2.83. The first-order chi connectivity index (χ1) is 13.6. The van der Waals surface area contributed by atoms with Crippen LogP contribution in [-0.4, -0.2) is 58.3 Å². The van der Waals surface area contributed by atoms with E-state index in [2.05, 4.69) is 0 Å². The lowest BCUT2D eigenvalue weighted by atomic mass is 10.2. The number of halogens is 4. The largest absolute Gasteiger partial charge is 0.442 e. The molecule has 0 spiro atoms. The second-order valence-electron chi connectivity index (χ2n) is 6.27. The molecule has 0 radical (unpaired) electrons. The molecule has 0 unspecified atom stereocenters. The zero-order valence-corrected chi connectivity index (χ0v) is 15.5. The summed E-state index contributed by atoms with van der Waals surface area (Å²) in [7, 11) is -3.41. The van der Waals surface area contributed by atoms with Crippen molar-refractivity contribution in [3.63, 3.8) is 0 Å². The molecule has 0 aromatic heterocycles. The van der Waals surface area contributed by atoms with Crippen molar-refractivity contribution in [2.75, 3.05) is 35.2 Å². The van der Waals surface area contributed by atoms with Crippen LogP contribution in [-0.2, 0) is 19.4 Å². The Morgan fingerprint density at radius 1 is 1.28 bits per heavy atom. The standard InChI is InChI=1S/C16H15F4N3O5S/c17-11-5-9(6-12(18)13(11)22-1-3-29(26,27)4-2-22)23-8-10(28-16(23)25)7-21-15(24)14(19)20/h1,3,5-6,10,14H,2,4,7-8H2,(H,21,24)/t10-/m0/s1. The normalized spacial score (nSPS) is 20.9. The zero-order chi connectivity index (χ0) is 21.3. The van der Waals surface area contributed by atoms with Crippen LogP contribution in [0, 0.1) is 11.6 Å². The van der Waals surface area contributed by atoms with Gasteiger partial charge in [-0.1, -0.05) is 0 Å². The maximum absolute atomic E-state index is 14.5. The predicted octanol–water partition coefficient (Wildman–Crippen LogP) is 1.38. The Hall–Kier alpha value is -2.83. The van der Waals surface area contributed by atoms with Crippen molar-refractivity contribution in [3.05, 3.63) is 35.4 Å². The number of amides is 2. The number of sulfone groups is 1. The molecule has 0 aliphatic carbocycles. The summed E-state index contributed by atoms with van der Waals surface area (Å²) in [5.74, 6) is -3.91. The van der Waals surface area contributed by atoms with E-state index in [1.165, 1.54) is 0 Å². The van der Waals surface area contributed by atoms with Crippen molar-refractivity contribution < 1.29 is 40.3 Å². The molecule has 2 amide bonds. The Labute approximate surface area is 162 Å². The van der Waals surface area contributed by atoms with Crippen molar-refractivity contribution in [3.8, 4) is 0 Å². The van der Waals surface area contributed by atoms with Gasteiger partial charge >= 0.3 is 12.5 Å². The first kappa shape index (κ1) is 20.9. The molecule has 13 heteroatoms. The average molecular weight is 437 g/mol. The van der Waals surface area contributed by atoms with Gasteiger partial charge in [0.2, 0.25) is 0 Å². The molecule has 1 N–H and O–H groups in total. The number of hydrogen-bond acceptors (Lipinski definition) is 6. The number of nitrogens with one attached hydrogen (secondary N) is 1. The van der Waals surface area contributed by atoms with Crippen molar-refractivity contribution in [1.29, 1.82) is 0 Å². The Morgan fingerprint density at radius 3 is 2.48 bits per heavy atom. The van der Waals surface area contributed by atoms with Gasteiger partial charge in [-0.25, -0.2) is 22.0 Å². The minimum Gasteiger partial charge on any atom is -0.442 e. The Bertz CT molecular complexity index is 946. The lowest BCUT2D eigenvalue weighted by Gasteiger charge is -2.25. The van der Waals surface area contributed by atoms with Crippen LogP contribution >= 0.6 is 0 Å². The van der Waals surface area contributed by atoms with E-state index in [4.69, 9.17) is 4.74 Å². The van der Waals surface area contributed by atoms with Gasteiger partial charge in [-0.2, -0.15) is 8.78 Å². The van der Waals surface area contributed by atoms with Crippen molar-refractivity contribution in [1.82, 2.24) is 5.32 Å². The van der Waals surface area contributed by atoms with Crippen molar-refractivity contribution >= 4 is 33.2 Å². The van der Waals surface area contributed by atoms with Crippen LogP contribution in [0.5, 0.6) is 0 Å². The highest BCUT2D eigenvalue weighted by Crippen LogP contribution is 2.32. The summed E-state index contributed by atoms with van der Waals surface area (Å²) in [6, 6.07) is 1.74. The summed E-state index contributed by atoms with van der Waals surface area (Å²) in [6.07, 6.45) is -4.12. The summed E-state index contributed by atoms with van der Waals surface area (Å²) >= 11 is 0. The number of ether oxygens (including phenoxy) is 1. The maximum atomic E-state index is 14.5. The first-order valence-corrected chi connectivity index (χ1v) is 9.99. The van der Waals surface area contributed by atoms with Gasteiger partial charge in [0.25, 0.3) is 5.91 Å². The van der Waals surface area contributed by atoms with Gasteiger partial charge in [0.1, 0.15) is 11.8 Å². The quantitative estimate of drug-likeness (QED) is 0.700. The van der Waals surface area contributed by atoms with E-state index >= 15 is 0 Å². The molecule has 1 aromatic carbocycles. The van der Waals surface area contributed by atoms with Gasteiger partial charge in [-0.15, -0.1) is 0 Å². The predicted molar refractivity (Wildman–Crippen MR) is 93.3 cm³/mol. The number of cyclic esters (lactones) is 1. The van der Waals surface area contributed by atoms with Gasteiger partial charge in [-0.05, 0) is 0 Å². The van der Waals surface area contributed by atoms with E-state index < -0.39 is 51.7 Å². The summed E-state index contributed by atoms with van der Waals surface area (Å²) in [6.45, 7) is -0.756. The van der Waals surface area contributed by atoms with Crippen LogP contribution in [0.15, 0.2) is 23.7 Å². The number of benzene rings is 1.